The molecule has 2 aliphatic heterocycles. The molecule has 0 amide bonds. The van der Waals surface area contributed by atoms with Crippen LogP contribution in [0.15, 0.2) is 35.5 Å². The zero-order valence-electron chi connectivity index (χ0n) is 11.4. The lowest BCUT2D eigenvalue weighted by atomic mass is 10.1. The van der Waals surface area contributed by atoms with Crippen LogP contribution in [-0.2, 0) is 5.75 Å². The second-order valence-electron chi connectivity index (χ2n) is 5.34. The van der Waals surface area contributed by atoms with Crippen molar-refractivity contribution in [3.63, 3.8) is 0 Å². The Morgan fingerprint density at radius 3 is 2.90 bits per heavy atom. The molecule has 0 saturated carbocycles. The van der Waals surface area contributed by atoms with E-state index in [-0.39, 0.29) is 0 Å². The first-order chi connectivity index (χ1) is 10.3. The van der Waals surface area contributed by atoms with Crippen LogP contribution in [0.3, 0.4) is 0 Å². The fraction of sp³-hybridized carbons (Fsp3) is 0.188. The van der Waals surface area contributed by atoms with Gasteiger partial charge in [-0.3, -0.25) is 4.57 Å². The summed E-state index contributed by atoms with van der Waals surface area (Å²) in [5, 5.41) is 1.04. The maximum absolute atomic E-state index is 5.53. The van der Waals surface area contributed by atoms with Crippen molar-refractivity contribution in [1.29, 1.82) is 0 Å². The van der Waals surface area contributed by atoms with Gasteiger partial charge in [-0.25, -0.2) is 4.98 Å². The summed E-state index contributed by atoms with van der Waals surface area (Å²) < 4.78 is 13.2. The van der Waals surface area contributed by atoms with E-state index in [0.717, 1.165) is 39.1 Å². The molecule has 0 bridgehead atoms. The summed E-state index contributed by atoms with van der Waals surface area (Å²) in [6, 6.07) is 10.5. The van der Waals surface area contributed by atoms with Crippen molar-refractivity contribution in [3.05, 3.63) is 41.5 Å². The predicted molar refractivity (Wildman–Crippen MR) is 81.5 cm³/mol. The first-order valence-corrected chi connectivity index (χ1v) is 7.83. The second kappa shape index (κ2) is 3.95. The lowest BCUT2D eigenvalue weighted by molar-refractivity contribution is 0.174. The van der Waals surface area contributed by atoms with Gasteiger partial charge in [0.2, 0.25) is 6.79 Å². The summed E-state index contributed by atoms with van der Waals surface area (Å²) >= 11 is 1.76. The average Bonchev–Trinajstić information content (AvgIpc) is 3.07. The minimum Gasteiger partial charge on any atom is -0.454 e. The van der Waals surface area contributed by atoms with Gasteiger partial charge in [-0.15, -0.1) is 0 Å². The molecule has 5 heteroatoms. The zero-order chi connectivity index (χ0) is 14.0. The predicted octanol–water partition coefficient (Wildman–Crippen LogP) is 3.67. The monoisotopic (exact) mass is 296 g/mol. The highest BCUT2D eigenvalue weighted by atomic mass is 32.2. The van der Waals surface area contributed by atoms with Crippen LogP contribution in [0.5, 0.6) is 11.5 Å². The third-order valence-corrected chi connectivity index (χ3v) is 4.94. The van der Waals surface area contributed by atoms with Gasteiger partial charge in [0, 0.05) is 11.8 Å². The van der Waals surface area contributed by atoms with Crippen molar-refractivity contribution in [1.82, 2.24) is 9.55 Å². The van der Waals surface area contributed by atoms with Crippen molar-refractivity contribution in [3.8, 4) is 17.2 Å². The Morgan fingerprint density at radius 1 is 1.14 bits per heavy atom. The fourth-order valence-electron chi connectivity index (χ4n) is 2.93. The molecule has 0 aliphatic carbocycles. The largest absolute Gasteiger partial charge is 0.454 e. The van der Waals surface area contributed by atoms with Crippen LogP contribution in [0.1, 0.15) is 11.1 Å². The summed E-state index contributed by atoms with van der Waals surface area (Å²) in [6.07, 6.45) is 0. The summed E-state index contributed by atoms with van der Waals surface area (Å²) in [6.45, 7) is 2.41. The summed E-state index contributed by atoms with van der Waals surface area (Å²) in [4.78, 5) is 4.74. The number of aryl methyl sites for hydroxylation is 1. The summed E-state index contributed by atoms with van der Waals surface area (Å²) in [5.74, 6) is 2.58. The third-order valence-electron chi connectivity index (χ3n) is 3.95. The molecule has 3 heterocycles. The molecular weight excluding hydrogens is 284 g/mol. The Labute approximate surface area is 125 Å². The Kier molecular flexibility index (Phi) is 2.16. The number of ether oxygens (including phenoxy) is 2. The second-order valence-corrected chi connectivity index (χ2v) is 6.29. The van der Waals surface area contributed by atoms with E-state index < -0.39 is 0 Å². The number of nitrogens with zero attached hydrogens (tertiary/aromatic N) is 2. The van der Waals surface area contributed by atoms with E-state index in [1.807, 2.05) is 0 Å². The van der Waals surface area contributed by atoms with Gasteiger partial charge in [-0.05, 0) is 36.2 Å². The van der Waals surface area contributed by atoms with Gasteiger partial charge in [-0.1, -0.05) is 17.8 Å². The average molecular weight is 296 g/mol. The van der Waals surface area contributed by atoms with E-state index >= 15 is 0 Å². The van der Waals surface area contributed by atoms with Crippen LogP contribution < -0.4 is 9.47 Å². The van der Waals surface area contributed by atoms with Crippen molar-refractivity contribution >= 4 is 22.8 Å². The van der Waals surface area contributed by atoms with Crippen LogP contribution >= 0.6 is 11.8 Å². The Bertz CT molecular complexity index is 901. The standard InChI is InChI=1S/C16H12N2O2S/c1-9-2-3-11-13(4-9)18-12-6-15-14(19-8-20-15)5-10(12)7-21-16(18)17-11/h2-6H,7-8H2,1H3. The van der Waals surface area contributed by atoms with Crippen molar-refractivity contribution < 1.29 is 9.47 Å². The molecule has 2 aromatic carbocycles. The van der Waals surface area contributed by atoms with Crippen LogP contribution in [0, 0.1) is 6.92 Å². The maximum Gasteiger partial charge on any atom is 0.231 e. The molecule has 0 radical (unpaired) electrons. The quantitative estimate of drug-likeness (QED) is 0.634. The topological polar surface area (TPSA) is 36.3 Å². The molecule has 21 heavy (non-hydrogen) atoms. The molecule has 3 aromatic rings. The third kappa shape index (κ3) is 1.55. The van der Waals surface area contributed by atoms with Crippen LogP contribution in [0.2, 0.25) is 0 Å². The van der Waals surface area contributed by atoms with Crippen molar-refractivity contribution in [2.45, 2.75) is 17.8 Å². The molecule has 4 nitrogen and oxygen atoms in total. The minimum atomic E-state index is 0.308. The number of benzene rings is 2. The van der Waals surface area contributed by atoms with Crippen molar-refractivity contribution in [2.24, 2.45) is 0 Å². The highest BCUT2D eigenvalue weighted by molar-refractivity contribution is 7.98. The molecule has 104 valence electrons. The molecule has 0 atom stereocenters. The highest BCUT2D eigenvalue weighted by Crippen LogP contribution is 2.43. The maximum atomic E-state index is 5.53. The number of fused-ring (bicyclic) bond motifs is 6. The van der Waals surface area contributed by atoms with E-state index in [0.29, 0.717) is 6.79 Å². The van der Waals surface area contributed by atoms with Crippen LogP contribution in [-0.4, -0.2) is 16.3 Å². The van der Waals surface area contributed by atoms with Gasteiger partial charge in [0.25, 0.3) is 0 Å². The molecule has 0 N–H and O–H groups in total. The van der Waals surface area contributed by atoms with E-state index in [2.05, 4.69) is 41.8 Å². The molecule has 2 aliphatic rings. The smallest absolute Gasteiger partial charge is 0.231 e. The molecule has 0 fully saturated rings. The Balaban J connectivity index is 1.85. The normalized spacial score (nSPS) is 15.1. The van der Waals surface area contributed by atoms with Gasteiger partial charge < -0.3 is 9.47 Å². The van der Waals surface area contributed by atoms with Gasteiger partial charge >= 0.3 is 0 Å². The first kappa shape index (κ1) is 11.5. The number of hydrogen-bond donors (Lipinski definition) is 0. The lowest BCUT2D eigenvalue weighted by Gasteiger charge is -2.19. The van der Waals surface area contributed by atoms with Gasteiger partial charge in [0.15, 0.2) is 16.7 Å². The summed E-state index contributed by atoms with van der Waals surface area (Å²) in [5.41, 5.74) is 5.84. The van der Waals surface area contributed by atoms with Gasteiger partial charge in [0.1, 0.15) is 0 Å². The summed E-state index contributed by atoms with van der Waals surface area (Å²) in [7, 11) is 0. The van der Waals surface area contributed by atoms with Crippen LogP contribution in [0.25, 0.3) is 16.7 Å². The Hall–Kier alpha value is -2.14. The van der Waals surface area contributed by atoms with Gasteiger partial charge in [-0.2, -0.15) is 0 Å². The van der Waals surface area contributed by atoms with Crippen molar-refractivity contribution in [2.75, 3.05) is 6.79 Å². The first-order valence-electron chi connectivity index (χ1n) is 6.84. The highest BCUT2D eigenvalue weighted by Gasteiger charge is 2.25. The fourth-order valence-corrected chi connectivity index (χ4v) is 3.94. The molecular formula is C16H12N2O2S. The number of thioether (sulfide) groups is 1. The number of aromatic nitrogens is 2. The van der Waals surface area contributed by atoms with E-state index in [1.54, 1.807) is 11.8 Å². The number of rotatable bonds is 0. The van der Waals surface area contributed by atoms with Crippen LogP contribution in [0.4, 0.5) is 0 Å². The van der Waals surface area contributed by atoms with E-state index in [1.165, 1.54) is 11.1 Å². The zero-order valence-corrected chi connectivity index (χ0v) is 12.2. The molecule has 0 saturated heterocycles. The number of hydrogen-bond acceptors (Lipinski definition) is 4. The molecule has 0 unspecified atom stereocenters. The number of imidazole rings is 1. The molecule has 5 rings (SSSR count). The molecule has 1 aromatic heterocycles. The van der Waals surface area contributed by atoms with Gasteiger partial charge in [0.05, 0.1) is 16.7 Å². The SMILES string of the molecule is Cc1ccc2nc3n(c2c1)-c1cc2c(cc1CS3)OCO2. The Morgan fingerprint density at radius 2 is 2.00 bits per heavy atom. The molecule has 0 spiro atoms. The van der Waals surface area contributed by atoms with E-state index in [9.17, 15) is 0 Å². The van der Waals surface area contributed by atoms with E-state index in [4.69, 9.17) is 14.5 Å². The minimum absolute atomic E-state index is 0.308. The lowest BCUT2D eigenvalue weighted by Crippen LogP contribution is -2.05.